The fraction of sp³-hybridized carbons (Fsp3) is 0.625. The van der Waals surface area contributed by atoms with Crippen molar-refractivity contribution in [1.29, 1.82) is 0 Å². The smallest absolute Gasteiger partial charge is 0.263 e. The minimum atomic E-state index is -2.40. The van der Waals surface area contributed by atoms with Gasteiger partial charge in [0, 0.05) is 31.8 Å². The van der Waals surface area contributed by atoms with E-state index in [1.807, 2.05) is 6.07 Å². The molecule has 0 bridgehead atoms. The summed E-state index contributed by atoms with van der Waals surface area (Å²) < 4.78 is 31.1. The number of nitrogens with zero attached hydrogens (tertiary/aromatic N) is 1. The van der Waals surface area contributed by atoms with Gasteiger partial charge in [-0.3, -0.25) is 4.90 Å². The molecule has 0 spiro atoms. The Kier molecular flexibility index (Phi) is 6.54. The third-order valence-electron chi connectivity index (χ3n) is 3.85. The molecule has 0 amide bonds. The van der Waals surface area contributed by atoms with Gasteiger partial charge in [0.05, 0.1) is 6.10 Å². The topological polar surface area (TPSA) is 38.5 Å². The molecule has 2 N–H and O–H groups in total. The van der Waals surface area contributed by atoms with Crippen LogP contribution in [0, 0.1) is 0 Å². The third kappa shape index (κ3) is 5.34. The molecule has 1 aliphatic heterocycles. The lowest BCUT2D eigenvalue weighted by molar-refractivity contribution is 0.00562. The van der Waals surface area contributed by atoms with Crippen molar-refractivity contribution in [2.24, 2.45) is 5.73 Å². The maximum Gasteiger partial charge on any atom is 0.263 e. The van der Waals surface area contributed by atoms with Crippen LogP contribution in [0.2, 0.25) is 0 Å². The monoisotopic (exact) mass is 298 g/mol. The molecule has 1 saturated heterocycles. The molecule has 0 atom stereocenters. The van der Waals surface area contributed by atoms with Crippen molar-refractivity contribution in [3.63, 3.8) is 0 Å². The van der Waals surface area contributed by atoms with Crippen LogP contribution in [-0.4, -0.2) is 37.2 Å². The van der Waals surface area contributed by atoms with Gasteiger partial charge in [0.25, 0.3) is 6.43 Å². The van der Waals surface area contributed by atoms with Crippen LogP contribution < -0.4 is 5.73 Å². The Morgan fingerprint density at radius 2 is 2.05 bits per heavy atom. The van der Waals surface area contributed by atoms with E-state index in [0.717, 1.165) is 51.1 Å². The molecule has 5 heteroatoms. The lowest BCUT2D eigenvalue weighted by atomic mass is 10.1. The van der Waals surface area contributed by atoms with Crippen molar-refractivity contribution in [2.45, 2.75) is 38.3 Å². The molecule has 0 aromatic heterocycles. The van der Waals surface area contributed by atoms with Gasteiger partial charge < -0.3 is 10.5 Å². The van der Waals surface area contributed by atoms with Crippen LogP contribution in [0.5, 0.6) is 0 Å². The third-order valence-corrected chi connectivity index (χ3v) is 3.85. The Morgan fingerprint density at radius 1 is 1.29 bits per heavy atom. The first-order valence-corrected chi connectivity index (χ1v) is 7.60. The van der Waals surface area contributed by atoms with Crippen LogP contribution in [0.1, 0.15) is 36.8 Å². The summed E-state index contributed by atoms with van der Waals surface area (Å²) in [5, 5.41) is 0. The Labute approximate surface area is 125 Å². The van der Waals surface area contributed by atoms with Crippen molar-refractivity contribution in [3.05, 3.63) is 35.4 Å². The predicted molar refractivity (Wildman–Crippen MR) is 79.3 cm³/mol. The highest BCUT2D eigenvalue weighted by Crippen LogP contribution is 2.21. The van der Waals surface area contributed by atoms with E-state index in [-0.39, 0.29) is 5.56 Å². The van der Waals surface area contributed by atoms with Crippen LogP contribution in [0.4, 0.5) is 8.78 Å². The number of hydrogen-bond donors (Lipinski definition) is 1. The van der Waals surface area contributed by atoms with E-state index in [9.17, 15) is 8.78 Å². The average molecular weight is 298 g/mol. The molecule has 1 aliphatic rings. The van der Waals surface area contributed by atoms with Gasteiger partial charge in [-0.25, -0.2) is 8.78 Å². The number of likely N-dealkylation sites (tertiary alicyclic amines) is 1. The first-order valence-electron chi connectivity index (χ1n) is 7.60. The summed E-state index contributed by atoms with van der Waals surface area (Å²) in [5.74, 6) is 0. The van der Waals surface area contributed by atoms with E-state index in [1.165, 1.54) is 6.07 Å². The largest absolute Gasteiger partial charge is 0.378 e. The number of halogens is 2. The molecular formula is C16H24F2N2O. The summed E-state index contributed by atoms with van der Waals surface area (Å²) in [6.45, 7) is 4.03. The van der Waals surface area contributed by atoms with Crippen molar-refractivity contribution in [1.82, 2.24) is 4.90 Å². The molecule has 0 saturated carbocycles. The first kappa shape index (κ1) is 16.3. The summed E-state index contributed by atoms with van der Waals surface area (Å²) in [6.07, 6.45) is 0.825. The SMILES string of the molecule is NCCCOC1CCN(Cc2cccc(C(F)F)c2)CC1. The Balaban J connectivity index is 1.77. The zero-order chi connectivity index (χ0) is 15.1. The number of hydrogen-bond acceptors (Lipinski definition) is 3. The van der Waals surface area contributed by atoms with Crippen LogP contribution >= 0.6 is 0 Å². The number of piperidine rings is 1. The van der Waals surface area contributed by atoms with Crippen LogP contribution in [0.15, 0.2) is 24.3 Å². The summed E-state index contributed by atoms with van der Waals surface area (Å²) in [7, 11) is 0. The molecular weight excluding hydrogens is 274 g/mol. The van der Waals surface area contributed by atoms with Crippen LogP contribution in [-0.2, 0) is 11.3 Å². The summed E-state index contributed by atoms with van der Waals surface area (Å²) >= 11 is 0. The highest BCUT2D eigenvalue weighted by Gasteiger charge is 2.19. The lowest BCUT2D eigenvalue weighted by Gasteiger charge is -2.32. The number of rotatable bonds is 7. The number of ether oxygens (including phenoxy) is 1. The summed E-state index contributed by atoms with van der Waals surface area (Å²) in [4.78, 5) is 2.30. The highest BCUT2D eigenvalue weighted by atomic mass is 19.3. The Bertz CT molecular complexity index is 420. The normalized spacial score (nSPS) is 17.5. The van der Waals surface area contributed by atoms with Gasteiger partial charge in [0.2, 0.25) is 0 Å². The van der Waals surface area contributed by atoms with Crippen molar-refractivity contribution < 1.29 is 13.5 Å². The zero-order valence-electron chi connectivity index (χ0n) is 12.3. The van der Waals surface area contributed by atoms with E-state index < -0.39 is 6.43 Å². The summed E-state index contributed by atoms with van der Waals surface area (Å²) in [5.41, 5.74) is 6.50. The van der Waals surface area contributed by atoms with Crippen molar-refractivity contribution in [2.75, 3.05) is 26.2 Å². The number of alkyl halides is 2. The van der Waals surface area contributed by atoms with E-state index in [1.54, 1.807) is 12.1 Å². The lowest BCUT2D eigenvalue weighted by Crippen LogP contribution is -2.36. The van der Waals surface area contributed by atoms with Gasteiger partial charge in [-0.15, -0.1) is 0 Å². The van der Waals surface area contributed by atoms with Gasteiger partial charge in [0.1, 0.15) is 0 Å². The minimum Gasteiger partial charge on any atom is -0.378 e. The second kappa shape index (κ2) is 8.41. The molecule has 2 rings (SSSR count). The Morgan fingerprint density at radius 3 is 2.71 bits per heavy atom. The molecule has 1 aromatic carbocycles. The van der Waals surface area contributed by atoms with Crippen LogP contribution in [0.3, 0.4) is 0 Å². The molecule has 0 unspecified atom stereocenters. The molecule has 21 heavy (non-hydrogen) atoms. The molecule has 118 valence electrons. The van der Waals surface area contributed by atoms with Crippen LogP contribution in [0.25, 0.3) is 0 Å². The molecule has 3 nitrogen and oxygen atoms in total. The standard InChI is InChI=1S/C16H24F2N2O/c17-16(18)14-4-1-3-13(11-14)12-20-8-5-15(6-9-20)21-10-2-7-19/h1,3-4,11,15-16H,2,5-10,12,19H2. The fourth-order valence-electron chi connectivity index (χ4n) is 2.65. The number of nitrogens with two attached hydrogens (primary N) is 1. The predicted octanol–water partition coefficient (Wildman–Crippen LogP) is 2.95. The summed E-state index contributed by atoms with van der Waals surface area (Å²) in [6, 6.07) is 6.70. The van der Waals surface area contributed by atoms with Gasteiger partial charge in [-0.1, -0.05) is 18.2 Å². The zero-order valence-corrected chi connectivity index (χ0v) is 12.3. The van der Waals surface area contributed by atoms with Gasteiger partial charge in [0.15, 0.2) is 0 Å². The van der Waals surface area contributed by atoms with Crippen molar-refractivity contribution in [3.8, 4) is 0 Å². The first-order chi connectivity index (χ1) is 10.2. The number of benzene rings is 1. The van der Waals surface area contributed by atoms with Crippen molar-refractivity contribution >= 4 is 0 Å². The van der Waals surface area contributed by atoms with E-state index >= 15 is 0 Å². The second-order valence-electron chi connectivity index (χ2n) is 5.53. The molecule has 1 heterocycles. The minimum absolute atomic E-state index is 0.104. The van der Waals surface area contributed by atoms with Gasteiger partial charge in [-0.05, 0) is 37.4 Å². The second-order valence-corrected chi connectivity index (χ2v) is 5.53. The highest BCUT2D eigenvalue weighted by molar-refractivity contribution is 5.24. The quantitative estimate of drug-likeness (QED) is 0.787. The fourth-order valence-corrected chi connectivity index (χ4v) is 2.65. The molecule has 0 radical (unpaired) electrons. The maximum atomic E-state index is 12.7. The maximum absolute atomic E-state index is 12.7. The average Bonchev–Trinajstić information content (AvgIpc) is 2.49. The van der Waals surface area contributed by atoms with E-state index in [0.29, 0.717) is 12.6 Å². The van der Waals surface area contributed by atoms with Gasteiger partial charge in [-0.2, -0.15) is 0 Å². The molecule has 1 fully saturated rings. The Hall–Kier alpha value is -1.04. The van der Waals surface area contributed by atoms with E-state index in [4.69, 9.17) is 10.5 Å². The molecule has 1 aromatic rings. The van der Waals surface area contributed by atoms with Gasteiger partial charge >= 0.3 is 0 Å². The molecule has 0 aliphatic carbocycles. The van der Waals surface area contributed by atoms with E-state index in [2.05, 4.69) is 4.90 Å².